The van der Waals surface area contributed by atoms with Crippen molar-refractivity contribution in [1.29, 1.82) is 0 Å². The molecule has 0 radical (unpaired) electrons. The number of nitrogens with one attached hydrogen (secondary N) is 1. The Kier molecular flexibility index (Phi) is 5.14. The van der Waals surface area contributed by atoms with Crippen molar-refractivity contribution in [3.63, 3.8) is 0 Å². The molecule has 1 saturated heterocycles. The van der Waals surface area contributed by atoms with Crippen LogP contribution in [0, 0.1) is 0 Å². The van der Waals surface area contributed by atoms with Gasteiger partial charge in [0.25, 0.3) is 11.8 Å². The van der Waals surface area contributed by atoms with Gasteiger partial charge in [0.15, 0.2) is 0 Å². The van der Waals surface area contributed by atoms with Crippen LogP contribution in [0.3, 0.4) is 0 Å². The number of rotatable bonds is 4. The van der Waals surface area contributed by atoms with E-state index in [-0.39, 0.29) is 33.9 Å². The highest BCUT2D eigenvalue weighted by Gasteiger charge is 2.37. The molecule has 1 N–H and O–H groups in total. The van der Waals surface area contributed by atoms with Crippen LogP contribution in [-0.4, -0.2) is 23.8 Å². The molecule has 154 valence electrons. The van der Waals surface area contributed by atoms with Crippen molar-refractivity contribution in [3.05, 3.63) is 82.6 Å². The Bertz CT molecular complexity index is 1260. The molecule has 4 rings (SSSR count). The number of barbiturate groups is 1. The molecule has 31 heavy (non-hydrogen) atoms. The Hall–Kier alpha value is -4.17. The predicted molar refractivity (Wildman–Crippen MR) is 109 cm³/mol. The van der Waals surface area contributed by atoms with E-state index in [2.05, 4.69) is 5.32 Å². The number of imide groups is 2. The topological polar surface area (TPSA) is 120 Å². The van der Waals surface area contributed by atoms with Gasteiger partial charge in [-0.15, -0.1) is 0 Å². The van der Waals surface area contributed by atoms with Gasteiger partial charge in [-0.05, 0) is 42.5 Å². The number of benzene rings is 2. The number of halogens is 1. The van der Waals surface area contributed by atoms with Crippen LogP contribution < -0.4 is 15.3 Å². The summed E-state index contributed by atoms with van der Waals surface area (Å²) in [4.78, 5) is 49.5. The van der Waals surface area contributed by atoms with E-state index in [9.17, 15) is 24.3 Å². The summed E-state index contributed by atoms with van der Waals surface area (Å²) in [6.45, 7) is 0. The summed E-state index contributed by atoms with van der Waals surface area (Å²) in [5.74, 6) is -2.77. The summed E-state index contributed by atoms with van der Waals surface area (Å²) in [5.41, 5.74) is 0.114. The number of hydrogen-bond acceptors (Lipinski definition) is 6. The zero-order valence-electron chi connectivity index (χ0n) is 15.6. The molecule has 3 aromatic rings. The van der Waals surface area contributed by atoms with Gasteiger partial charge in [0.05, 0.1) is 11.7 Å². The minimum absolute atomic E-state index is 0.0675. The van der Waals surface area contributed by atoms with Gasteiger partial charge < -0.3 is 14.3 Å². The summed E-state index contributed by atoms with van der Waals surface area (Å²) in [6, 6.07) is 14.1. The van der Waals surface area contributed by atoms with Crippen molar-refractivity contribution in [2.24, 2.45) is 0 Å². The highest BCUT2D eigenvalue weighted by molar-refractivity contribution is 6.39. The minimum atomic E-state index is -1.37. The summed E-state index contributed by atoms with van der Waals surface area (Å²) in [6.07, 6.45) is 1.18. The Morgan fingerprint density at radius 2 is 1.71 bits per heavy atom. The first kappa shape index (κ1) is 20.1. The van der Waals surface area contributed by atoms with Gasteiger partial charge in [-0.1, -0.05) is 35.9 Å². The van der Waals surface area contributed by atoms with Crippen LogP contribution in [0.4, 0.5) is 10.5 Å². The lowest BCUT2D eigenvalue weighted by molar-refractivity contribution is -0.255. The summed E-state index contributed by atoms with van der Waals surface area (Å²) >= 11 is 5.84. The number of urea groups is 1. The Labute approximate surface area is 180 Å². The molecule has 1 aliphatic rings. The van der Waals surface area contributed by atoms with Gasteiger partial charge in [0.2, 0.25) is 0 Å². The largest absolute Gasteiger partial charge is 0.545 e. The molecule has 2 aromatic carbocycles. The van der Waals surface area contributed by atoms with Gasteiger partial charge in [-0.2, -0.15) is 0 Å². The zero-order valence-corrected chi connectivity index (χ0v) is 16.4. The number of hydrogen-bond donors (Lipinski definition) is 1. The third-order valence-corrected chi connectivity index (χ3v) is 4.76. The highest BCUT2D eigenvalue weighted by Crippen LogP contribution is 2.28. The molecule has 9 heteroatoms. The maximum absolute atomic E-state index is 12.9. The summed E-state index contributed by atoms with van der Waals surface area (Å²) in [5, 5.41) is 13.8. The third kappa shape index (κ3) is 3.84. The number of amides is 4. The number of carbonyl (C=O) groups is 4. The van der Waals surface area contributed by atoms with E-state index in [4.69, 9.17) is 16.0 Å². The van der Waals surface area contributed by atoms with Crippen LogP contribution in [0.25, 0.3) is 17.4 Å². The smallest absolute Gasteiger partial charge is 0.335 e. The molecule has 0 bridgehead atoms. The molecule has 4 amide bonds. The van der Waals surface area contributed by atoms with Crippen molar-refractivity contribution < 1.29 is 28.7 Å². The van der Waals surface area contributed by atoms with Gasteiger partial charge in [0.1, 0.15) is 17.1 Å². The second kappa shape index (κ2) is 7.92. The Morgan fingerprint density at radius 1 is 1.00 bits per heavy atom. The van der Waals surface area contributed by atoms with Crippen LogP contribution in [0.2, 0.25) is 5.02 Å². The van der Waals surface area contributed by atoms with E-state index in [1.54, 1.807) is 18.2 Å². The number of carbonyl (C=O) groups excluding carboxylic acids is 4. The molecule has 0 spiro atoms. The van der Waals surface area contributed by atoms with Crippen LogP contribution in [-0.2, 0) is 9.59 Å². The van der Waals surface area contributed by atoms with Crippen LogP contribution in [0.15, 0.2) is 70.7 Å². The summed E-state index contributed by atoms with van der Waals surface area (Å²) in [7, 11) is 0. The van der Waals surface area contributed by atoms with Gasteiger partial charge >= 0.3 is 6.03 Å². The maximum atomic E-state index is 12.9. The lowest BCUT2D eigenvalue weighted by atomic mass is 10.1. The van der Waals surface area contributed by atoms with Gasteiger partial charge in [0, 0.05) is 16.1 Å². The normalized spacial score (nSPS) is 15.3. The molecule has 1 aliphatic heterocycles. The first-order valence-electron chi connectivity index (χ1n) is 8.93. The van der Waals surface area contributed by atoms with Crippen LogP contribution in [0.5, 0.6) is 0 Å². The average molecular weight is 436 g/mol. The molecule has 1 fully saturated rings. The fraction of sp³-hybridized carbons (Fsp3) is 0. The van der Waals surface area contributed by atoms with Crippen molar-refractivity contribution in [1.82, 2.24) is 5.32 Å². The number of nitrogens with zero attached hydrogens (tertiary/aromatic N) is 1. The molecule has 0 unspecified atom stereocenters. The minimum Gasteiger partial charge on any atom is -0.545 e. The van der Waals surface area contributed by atoms with Crippen LogP contribution in [0.1, 0.15) is 16.1 Å². The molecule has 1 aromatic heterocycles. The van der Waals surface area contributed by atoms with E-state index >= 15 is 0 Å². The first-order chi connectivity index (χ1) is 14.8. The molecule has 8 nitrogen and oxygen atoms in total. The predicted octanol–water partition coefficient (Wildman–Crippen LogP) is 2.63. The van der Waals surface area contributed by atoms with Crippen molar-refractivity contribution in [2.75, 3.05) is 4.90 Å². The number of furan rings is 1. The van der Waals surface area contributed by atoms with E-state index < -0.39 is 23.8 Å². The van der Waals surface area contributed by atoms with Crippen molar-refractivity contribution >= 4 is 47.2 Å². The lowest BCUT2D eigenvalue weighted by Crippen LogP contribution is -2.54. The van der Waals surface area contributed by atoms with E-state index in [0.29, 0.717) is 5.02 Å². The Balaban J connectivity index is 1.69. The monoisotopic (exact) mass is 435 g/mol. The average Bonchev–Trinajstić information content (AvgIpc) is 3.21. The number of carboxylic acid groups (broad SMARTS) is 1. The first-order valence-corrected chi connectivity index (χ1v) is 9.30. The highest BCUT2D eigenvalue weighted by atomic mass is 35.5. The number of carboxylic acids is 1. The molecular formula is C22H12ClN2O6-. The quantitative estimate of drug-likeness (QED) is 0.497. The van der Waals surface area contributed by atoms with Crippen molar-refractivity contribution in [3.8, 4) is 11.3 Å². The van der Waals surface area contributed by atoms with Gasteiger partial charge in [-0.25, -0.2) is 9.69 Å². The zero-order chi connectivity index (χ0) is 22.1. The second-order valence-electron chi connectivity index (χ2n) is 6.47. The second-order valence-corrected chi connectivity index (χ2v) is 6.91. The number of anilines is 1. The Morgan fingerprint density at radius 3 is 2.42 bits per heavy atom. The van der Waals surface area contributed by atoms with Gasteiger partial charge in [-0.3, -0.25) is 14.9 Å². The number of aromatic carboxylic acids is 1. The molecule has 0 atom stereocenters. The maximum Gasteiger partial charge on any atom is 0.335 e. The molecule has 0 saturated carbocycles. The molecule has 0 aliphatic carbocycles. The van der Waals surface area contributed by atoms with E-state index in [1.807, 2.05) is 0 Å². The summed E-state index contributed by atoms with van der Waals surface area (Å²) < 4.78 is 5.62. The van der Waals surface area contributed by atoms with Crippen LogP contribution >= 0.6 is 11.6 Å². The molecular weight excluding hydrogens is 424 g/mol. The standard InChI is InChI=1S/C22H13ClN2O6/c23-12-5-7-13(8-6-12)25-20(27)17(19(26)24-22(25)30)11-14-9-10-18(31-14)15-3-1-2-4-16(15)21(28)29/h1-11H,(H,28,29)(H,24,26,30)/p-1/b17-11+. The SMILES string of the molecule is O=C1NC(=O)N(c2ccc(Cl)cc2)C(=O)/C1=C/c1ccc(-c2ccccc2C(=O)[O-])o1. The third-order valence-electron chi connectivity index (χ3n) is 4.51. The molecule has 2 heterocycles. The lowest BCUT2D eigenvalue weighted by Gasteiger charge is -2.26. The fourth-order valence-corrected chi connectivity index (χ4v) is 3.20. The fourth-order valence-electron chi connectivity index (χ4n) is 3.08. The van der Waals surface area contributed by atoms with E-state index in [0.717, 1.165) is 4.90 Å². The van der Waals surface area contributed by atoms with E-state index in [1.165, 1.54) is 48.5 Å². The van der Waals surface area contributed by atoms with Crippen molar-refractivity contribution in [2.45, 2.75) is 0 Å².